The molecule has 0 bridgehead atoms. The number of carbonyl (C=O) groups excluding carboxylic acids is 2. The average Bonchev–Trinajstić information content (AvgIpc) is 2.76. The van der Waals surface area contributed by atoms with Crippen molar-refractivity contribution in [3.05, 3.63) is 40.5 Å². The minimum atomic E-state index is -0.667. The molecule has 1 amide bonds. The number of rotatable bonds is 4. The number of aromatic nitrogens is 1. The van der Waals surface area contributed by atoms with Gasteiger partial charge in [-0.3, -0.25) is 4.79 Å². The van der Waals surface area contributed by atoms with Gasteiger partial charge in [-0.2, -0.15) is 4.37 Å². The van der Waals surface area contributed by atoms with Crippen LogP contribution in [0.3, 0.4) is 0 Å². The molecule has 3 N–H and O–H groups in total. The maximum atomic E-state index is 11.8. The summed E-state index contributed by atoms with van der Waals surface area (Å²) < 4.78 is 8.86. The number of benzene rings is 1. The molecule has 0 saturated carbocycles. The first-order chi connectivity index (χ1) is 9.97. The summed E-state index contributed by atoms with van der Waals surface area (Å²) >= 11 is 6.81. The first kappa shape index (κ1) is 15.3. The molecule has 0 aliphatic heterocycles. The first-order valence-electron chi connectivity index (χ1n) is 5.91. The third-order valence-corrected chi connectivity index (χ3v) is 3.54. The Balaban J connectivity index is 1.91. The number of esters is 1. The van der Waals surface area contributed by atoms with E-state index in [9.17, 15) is 9.59 Å². The summed E-state index contributed by atoms with van der Waals surface area (Å²) in [5.41, 5.74) is 6.84. The van der Waals surface area contributed by atoms with Crippen LogP contribution in [0, 0.1) is 6.92 Å². The molecule has 0 aliphatic rings. The van der Waals surface area contributed by atoms with Gasteiger partial charge in [0.25, 0.3) is 5.91 Å². The van der Waals surface area contributed by atoms with Crippen molar-refractivity contribution in [2.24, 2.45) is 0 Å². The number of hydrogen-bond acceptors (Lipinski definition) is 6. The summed E-state index contributed by atoms with van der Waals surface area (Å²) in [5, 5.41) is 3.34. The number of hydrogen-bond donors (Lipinski definition) is 2. The number of nitrogen functional groups attached to an aromatic ring is 1. The maximum Gasteiger partial charge on any atom is 0.343 e. The summed E-state index contributed by atoms with van der Waals surface area (Å²) in [4.78, 5) is 23.5. The van der Waals surface area contributed by atoms with Gasteiger partial charge in [0.2, 0.25) is 0 Å². The zero-order valence-electron chi connectivity index (χ0n) is 11.1. The molecule has 0 atom stereocenters. The van der Waals surface area contributed by atoms with Crippen molar-refractivity contribution in [1.29, 1.82) is 0 Å². The molecule has 1 aromatic carbocycles. The van der Waals surface area contributed by atoms with Crippen molar-refractivity contribution in [1.82, 2.24) is 4.37 Å². The number of nitrogens with zero attached hydrogens (tertiary/aromatic N) is 1. The first-order valence-corrected chi connectivity index (χ1v) is 7.07. The number of anilines is 2. The fourth-order valence-corrected chi connectivity index (χ4v) is 2.44. The Morgan fingerprint density at radius 2 is 2.24 bits per heavy atom. The Labute approximate surface area is 130 Å². The highest BCUT2D eigenvalue weighted by atomic mass is 35.5. The quantitative estimate of drug-likeness (QED) is 0.842. The summed E-state index contributed by atoms with van der Waals surface area (Å²) in [7, 11) is 0. The lowest BCUT2D eigenvalue weighted by molar-refractivity contribution is -0.119. The van der Waals surface area contributed by atoms with Crippen LogP contribution >= 0.6 is 23.1 Å². The lowest BCUT2D eigenvalue weighted by atomic mass is 10.2. The predicted molar refractivity (Wildman–Crippen MR) is 81.6 cm³/mol. The zero-order chi connectivity index (χ0) is 15.4. The van der Waals surface area contributed by atoms with Crippen molar-refractivity contribution in [3.63, 3.8) is 0 Å². The highest BCUT2D eigenvalue weighted by molar-refractivity contribution is 7.10. The van der Waals surface area contributed by atoms with Gasteiger partial charge in [-0.25, -0.2) is 4.79 Å². The molecule has 0 saturated heterocycles. The topological polar surface area (TPSA) is 94.3 Å². The van der Waals surface area contributed by atoms with Crippen LogP contribution in [-0.2, 0) is 9.53 Å². The number of nitrogens with two attached hydrogens (primary N) is 1. The van der Waals surface area contributed by atoms with Crippen LogP contribution in [0.4, 0.5) is 10.7 Å². The van der Waals surface area contributed by atoms with Crippen molar-refractivity contribution in [3.8, 4) is 0 Å². The third-order valence-electron chi connectivity index (χ3n) is 2.54. The van der Waals surface area contributed by atoms with Crippen LogP contribution in [-0.4, -0.2) is 22.9 Å². The molecule has 0 unspecified atom stereocenters. The number of aryl methyl sites for hydroxylation is 1. The van der Waals surface area contributed by atoms with E-state index >= 15 is 0 Å². The van der Waals surface area contributed by atoms with E-state index in [0.29, 0.717) is 16.4 Å². The van der Waals surface area contributed by atoms with E-state index in [4.69, 9.17) is 22.1 Å². The van der Waals surface area contributed by atoms with Crippen molar-refractivity contribution in [2.75, 3.05) is 17.7 Å². The second-order valence-corrected chi connectivity index (χ2v) is 5.38. The Morgan fingerprint density at radius 1 is 1.48 bits per heavy atom. The predicted octanol–water partition coefficient (Wildman–Crippen LogP) is 2.48. The second-order valence-electron chi connectivity index (χ2n) is 4.14. The van der Waals surface area contributed by atoms with Gasteiger partial charge >= 0.3 is 5.97 Å². The van der Waals surface area contributed by atoms with E-state index in [1.165, 1.54) is 0 Å². The van der Waals surface area contributed by atoms with Gasteiger partial charge in [0.15, 0.2) is 6.61 Å². The van der Waals surface area contributed by atoms with Crippen LogP contribution in [0.5, 0.6) is 0 Å². The second kappa shape index (κ2) is 6.55. The summed E-state index contributed by atoms with van der Waals surface area (Å²) in [5.74, 6) is -1.13. The number of halogens is 1. The molecular weight excluding hydrogens is 314 g/mol. The van der Waals surface area contributed by atoms with Crippen molar-refractivity contribution < 1.29 is 14.3 Å². The Hall–Kier alpha value is -2.12. The molecule has 21 heavy (non-hydrogen) atoms. The molecule has 8 heteroatoms. The van der Waals surface area contributed by atoms with Crippen LogP contribution in [0.1, 0.15) is 16.1 Å². The van der Waals surface area contributed by atoms with Gasteiger partial charge in [-0.1, -0.05) is 17.7 Å². The Morgan fingerprint density at radius 3 is 2.86 bits per heavy atom. The zero-order valence-corrected chi connectivity index (χ0v) is 12.6. The van der Waals surface area contributed by atoms with Gasteiger partial charge in [0.05, 0.1) is 5.69 Å². The van der Waals surface area contributed by atoms with E-state index in [1.54, 1.807) is 31.2 Å². The third kappa shape index (κ3) is 3.93. The van der Waals surface area contributed by atoms with Gasteiger partial charge in [-0.05, 0) is 36.7 Å². The standard InChI is InChI=1S/C13H12ClN3O3S/c1-7-11(12(15)21-17-7)13(19)20-6-10(18)16-9-4-2-3-8(14)5-9/h2-5H,6,15H2,1H3,(H,16,18). The lowest BCUT2D eigenvalue weighted by Crippen LogP contribution is -2.21. The number of ether oxygens (including phenoxy) is 1. The van der Waals surface area contributed by atoms with E-state index in [0.717, 1.165) is 11.5 Å². The van der Waals surface area contributed by atoms with Crippen molar-refractivity contribution >= 4 is 45.7 Å². The van der Waals surface area contributed by atoms with E-state index in [-0.39, 0.29) is 10.6 Å². The molecule has 2 aromatic rings. The highest BCUT2D eigenvalue weighted by Gasteiger charge is 2.19. The Bertz CT molecular complexity index is 668. The van der Waals surface area contributed by atoms with Crippen LogP contribution in [0.2, 0.25) is 5.02 Å². The molecule has 0 fully saturated rings. The number of nitrogens with one attached hydrogen (secondary N) is 1. The molecule has 2 rings (SSSR count). The summed E-state index contributed by atoms with van der Waals surface area (Å²) in [6.45, 7) is 1.23. The molecular formula is C13H12ClN3O3S. The van der Waals surface area contributed by atoms with Crippen molar-refractivity contribution in [2.45, 2.75) is 6.92 Å². The number of carbonyl (C=O) groups is 2. The molecule has 0 radical (unpaired) electrons. The molecule has 1 aromatic heterocycles. The molecule has 0 aliphatic carbocycles. The fraction of sp³-hybridized carbons (Fsp3) is 0.154. The largest absolute Gasteiger partial charge is 0.452 e. The molecule has 110 valence electrons. The SMILES string of the molecule is Cc1nsc(N)c1C(=O)OCC(=O)Nc1cccc(Cl)c1. The van der Waals surface area contributed by atoms with E-state index in [1.807, 2.05) is 0 Å². The van der Waals surface area contributed by atoms with E-state index in [2.05, 4.69) is 9.69 Å². The Kier molecular flexibility index (Phi) is 4.77. The normalized spacial score (nSPS) is 10.2. The highest BCUT2D eigenvalue weighted by Crippen LogP contribution is 2.21. The van der Waals surface area contributed by atoms with Crippen LogP contribution in [0.15, 0.2) is 24.3 Å². The number of amides is 1. The maximum absolute atomic E-state index is 11.8. The van der Waals surface area contributed by atoms with Gasteiger partial charge < -0.3 is 15.8 Å². The van der Waals surface area contributed by atoms with Crippen LogP contribution < -0.4 is 11.1 Å². The van der Waals surface area contributed by atoms with E-state index < -0.39 is 18.5 Å². The fourth-order valence-electron chi connectivity index (χ4n) is 1.60. The molecule has 0 spiro atoms. The van der Waals surface area contributed by atoms with Gasteiger partial charge in [0.1, 0.15) is 10.6 Å². The molecule has 6 nitrogen and oxygen atoms in total. The summed E-state index contributed by atoms with van der Waals surface area (Å²) in [6, 6.07) is 6.65. The smallest absolute Gasteiger partial charge is 0.343 e. The van der Waals surface area contributed by atoms with Crippen LogP contribution in [0.25, 0.3) is 0 Å². The molecule has 1 heterocycles. The minimum Gasteiger partial charge on any atom is -0.452 e. The lowest BCUT2D eigenvalue weighted by Gasteiger charge is -2.07. The monoisotopic (exact) mass is 325 g/mol. The summed E-state index contributed by atoms with van der Waals surface area (Å²) in [6.07, 6.45) is 0. The average molecular weight is 326 g/mol. The minimum absolute atomic E-state index is 0.204. The van der Waals surface area contributed by atoms with Gasteiger partial charge in [-0.15, -0.1) is 0 Å². The van der Waals surface area contributed by atoms with Gasteiger partial charge in [0, 0.05) is 10.7 Å².